The highest BCUT2D eigenvalue weighted by molar-refractivity contribution is 9.10. The van der Waals surface area contributed by atoms with Crippen LogP contribution in [0.2, 0.25) is 0 Å². The molecule has 0 aliphatic rings. The van der Waals surface area contributed by atoms with Crippen LogP contribution in [0.1, 0.15) is 21.5 Å². The van der Waals surface area contributed by atoms with Crippen LogP contribution in [-0.4, -0.2) is 5.78 Å². The molecule has 0 aliphatic heterocycles. The lowest BCUT2D eigenvalue weighted by Crippen LogP contribution is -2.03. The minimum atomic E-state index is -0.398. The Morgan fingerprint density at radius 2 is 1.94 bits per heavy atom. The van der Waals surface area contributed by atoms with E-state index in [1.807, 2.05) is 13.0 Å². The lowest BCUT2D eigenvalue weighted by molar-refractivity contribution is 0.103. The van der Waals surface area contributed by atoms with Crippen LogP contribution < -0.4 is 0 Å². The molecular weight excluding hydrogens is 283 g/mol. The molecule has 0 bridgehead atoms. The number of ketones is 1. The van der Waals surface area contributed by atoms with E-state index in [2.05, 4.69) is 15.9 Å². The van der Waals surface area contributed by atoms with Crippen molar-refractivity contribution in [2.45, 2.75) is 6.92 Å². The molecule has 2 aromatic carbocycles. The van der Waals surface area contributed by atoms with Crippen LogP contribution in [0.3, 0.4) is 0 Å². The van der Waals surface area contributed by atoms with E-state index >= 15 is 0 Å². The summed E-state index contributed by atoms with van der Waals surface area (Å²) in [7, 11) is 0. The Morgan fingerprint density at radius 3 is 2.59 bits per heavy atom. The number of aryl methyl sites for hydroxylation is 1. The number of rotatable bonds is 2. The lowest BCUT2D eigenvalue weighted by Gasteiger charge is -2.05. The summed E-state index contributed by atoms with van der Waals surface area (Å²) < 4.78 is 14.0. The summed E-state index contributed by atoms with van der Waals surface area (Å²) in [6.45, 7) is 1.86. The minimum absolute atomic E-state index is 0.158. The normalized spacial score (nSPS) is 10.3. The Hall–Kier alpha value is -1.48. The predicted molar refractivity (Wildman–Crippen MR) is 68.7 cm³/mol. The van der Waals surface area contributed by atoms with Crippen molar-refractivity contribution in [1.29, 1.82) is 0 Å². The van der Waals surface area contributed by atoms with Gasteiger partial charge in [-0.15, -0.1) is 0 Å². The second-order valence-corrected chi connectivity index (χ2v) is 4.71. The van der Waals surface area contributed by atoms with Gasteiger partial charge in [0.2, 0.25) is 0 Å². The van der Waals surface area contributed by atoms with Gasteiger partial charge in [-0.2, -0.15) is 0 Å². The van der Waals surface area contributed by atoms with Crippen LogP contribution >= 0.6 is 15.9 Å². The van der Waals surface area contributed by atoms with Gasteiger partial charge in [0.15, 0.2) is 5.78 Å². The zero-order valence-corrected chi connectivity index (χ0v) is 10.8. The zero-order valence-electron chi connectivity index (χ0n) is 9.21. The van der Waals surface area contributed by atoms with Crippen molar-refractivity contribution in [1.82, 2.24) is 0 Å². The summed E-state index contributed by atoms with van der Waals surface area (Å²) in [5, 5.41) is 0. The number of hydrogen-bond donors (Lipinski definition) is 0. The Balaban J connectivity index is 2.44. The number of benzene rings is 2. The van der Waals surface area contributed by atoms with E-state index in [0.29, 0.717) is 11.1 Å². The quantitative estimate of drug-likeness (QED) is 0.761. The SMILES string of the molecule is Cc1cc(Br)ccc1C(=O)c1cccc(F)c1. The number of carbonyl (C=O) groups is 1. The van der Waals surface area contributed by atoms with Crippen molar-refractivity contribution < 1.29 is 9.18 Å². The first-order valence-corrected chi connectivity index (χ1v) is 5.93. The molecule has 17 heavy (non-hydrogen) atoms. The summed E-state index contributed by atoms with van der Waals surface area (Å²) in [5.74, 6) is -0.555. The maximum atomic E-state index is 13.0. The van der Waals surface area contributed by atoms with Gasteiger partial charge in [-0.25, -0.2) is 4.39 Å². The standard InChI is InChI=1S/C14H10BrFO/c1-9-7-11(15)5-6-13(9)14(17)10-3-2-4-12(16)8-10/h2-8H,1H3. The van der Waals surface area contributed by atoms with Gasteiger partial charge in [-0.3, -0.25) is 4.79 Å². The smallest absolute Gasteiger partial charge is 0.193 e. The first-order chi connectivity index (χ1) is 8.08. The molecule has 0 saturated heterocycles. The molecule has 0 aromatic heterocycles. The van der Waals surface area contributed by atoms with Crippen molar-refractivity contribution in [2.24, 2.45) is 0 Å². The van der Waals surface area contributed by atoms with Gasteiger partial charge in [0, 0.05) is 15.6 Å². The van der Waals surface area contributed by atoms with E-state index in [1.54, 1.807) is 18.2 Å². The molecule has 0 aliphatic carbocycles. The van der Waals surface area contributed by atoms with Gasteiger partial charge in [0.05, 0.1) is 0 Å². The third kappa shape index (κ3) is 2.61. The van der Waals surface area contributed by atoms with Crippen LogP contribution in [-0.2, 0) is 0 Å². The molecule has 3 heteroatoms. The topological polar surface area (TPSA) is 17.1 Å². The maximum Gasteiger partial charge on any atom is 0.193 e. The fraction of sp³-hybridized carbons (Fsp3) is 0.0714. The van der Waals surface area contributed by atoms with Crippen molar-refractivity contribution in [2.75, 3.05) is 0 Å². The number of carbonyl (C=O) groups excluding carboxylic acids is 1. The first kappa shape index (κ1) is 12.0. The molecule has 0 unspecified atom stereocenters. The largest absolute Gasteiger partial charge is 0.289 e. The van der Waals surface area contributed by atoms with E-state index in [4.69, 9.17) is 0 Å². The molecule has 0 amide bonds. The second kappa shape index (κ2) is 4.80. The average molecular weight is 293 g/mol. The number of halogens is 2. The van der Waals surface area contributed by atoms with Crippen molar-refractivity contribution in [3.05, 3.63) is 69.4 Å². The maximum absolute atomic E-state index is 13.0. The highest BCUT2D eigenvalue weighted by Gasteiger charge is 2.12. The van der Waals surface area contributed by atoms with Crippen molar-refractivity contribution in [3.8, 4) is 0 Å². The van der Waals surface area contributed by atoms with Crippen LogP contribution in [0.5, 0.6) is 0 Å². The molecule has 0 atom stereocenters. The third-order valence-electron chi connectivity index (χ3n) is 2.52. The van der Waals surface area contributed by atoms with Gasteiger partial charge in [-0.05, 0) is 42.8 Å². The monoisotopic (exact) mass is 292 g/mol. The van der Waals surface area contributed by atoms with E-state index in [-0.39, 0.29) is 5.78 Å². The first-order valence-electron chi connectivity index (χ1n) is 5.14. The van der Waals surface area contributed by atoms with Crippen LogP contribution in [0, 0.1) is 12.7 Å². The number of hydrogen-bond acceptors (Lipinski definition) is 1. The summed E-state index contributed by atoms with van der Waals surface area (Å²) in [6.07, 6.45) is 0. The minimum Gasteiger partial charge on any atom is -0.289 e. The van der Waals surface area contributed by atoms with Gasteiger partial charge >= 0.3 is 0 Å². The molecule has 0 fully saturated rings. The molecule has 86 valence electrons. The Labute approximate surface area is 107 Å². The molecule has 0 heterocycles. The van der Waals surface area contributed by atoms with E-state index in [9.17, 15) is 9.18 Å². The Bertz CT molecular complexity index is 578. The fourth-order valence-corrected chi connectivity index (χ4v) is 2.14. The summed E-state index contributed by atoms with van der Waals surface area (Å²) in [5.41, 5.74) is 1.84. The molecule has 0 N–H and O–H groups in total. The van der Waals surface area contributed by atoms with Crippen molar-refractivity contribution in [3.63, 3.8) is 0 Å². The van der Waals surface area contributed by atoms with E-state index in [1.165, 1.54) is 18.2 Å². The van der Waals surface area contributed by atoms with Crippen LogP contribution in [0.4, 0.5) is 4.39 Å². The highest BCUT2D eigenvalue weighted by atomic mass is 79.9. The fourth-order valence-electron chi connectivity index (χ4n) is 1.67. The Kier molecular flexibility index (Phi) is 3.38. The molecule has 0 radical (unpaired) electrons. The van der Waals surface area contributed by atoms with E-state index in [0.717, 1.165) is 10.0 Å². The van der Waals surface area contributed by atoms with Gasteiger partial charge < -0.3 is 0 Å². The summed E-state index contributed by atoms with van der Waals surface area (Å²) in [4.78, 5) is 12.1. The predicted octanol–water partition coefficient (Wildman–Crippen LogP) is 4.13. The molecule has 1 nitrogen and oxygen atoms in total. The lowest BCUT2D eigenvalue weighted by atomic mass is 9.99. The van der Waals surface area contributed by atoms with Gasteiger partial charge in [0.1, 0.15) is 5.82 Å². The molecule has 2 aromatic rings. The molecule has 0 saturated carbocycles. The van der Waals surface area contributed by atoms with E-state index < -0.39 is 5.82 Å². The Morgan fingerprint density at radius 1 is 1.18 bits per heavy atom. The zero-order chi connectivity index (χ0) is 12.4. The van der Waals surface area contributed by atoms with Crippen LogP contribution in [0.25, 0.3) is 0 Å². The molecule has 0 spiro atoms. The average Bonchev–Trinajstić information content (AvgIpc) is 2.28. The third-order valence-corrected chi connectivity index (χ3v) is 3.01. The summed E-state index contributed by atoms with van der Waals surface area (Å²) >= 11 is 3.34. The van der Waals surface area contributed by atoms with Gasteiger partial charge in [0.25, 0.3) is 0 Å². The summed E-state index contributed by atoms with van der Waals surface area (Å²) in [6, 6.07) is 11.2. The van der Waals surface area contributed by atoms with Gasteiger partial charge in [-0.1, -0.05) is 28.1 Å². The molecular formula is C14H10BrFO. The highest BCUT2D eigenvalue weighted by Crippen LogP contribution is 2.19. The van der Waals surface area contributed by atoms with Crippen molar-refractivity contribution >= 4 is 21.7 Å². The molecule has 2 rings (SSSR count). The second-order valence-electron chi connectivity index (χ2n) is 3.80. The van der Waals surface area contributed by atoms with Crippen LogP contribution in [0.15, 0.2) is 46.9 Å².